The van der Waals surface area contributed by atoms with E-state index in [9.17, 15) is 4.79 Å². The van der Waals surface area contributed by atoms with Crippen LogP contribution in [0.25, 0.3) is 0 Å². The number of carbonyl (C=O) groups excluding carboxylic acids is 1. The van der Waals surface area contributed by atoms with Crippen molar-refractivity contribution in [1.82, 2.24) is 9.88 Å². The van der Waals surface area contributed by atoms with E-state index in [1.807, 2.05) is 24.9 Å². The molecule has 1 aliphatic carbocycles. The number of fused-ring (bicyclic) bond motifs is 2. The van der Waals surface area contributed by atoms with Gasteiger partial charge >= 0.3 is 0 Å². The first-order valence-corrected chi connectivity index (χ1v) is 13.1. The van der Waals surface area contributed by atoms with Crippen LogP contribution >= 0.6 is 27.5 Å². The van der Waals surface area contributed by atoms with E-state index in [4.69, 9.17) is 22.3 Å². The summed E-state index contributed by atoms with van der Waals surface area (Å²) in [6, 6.07) is 6.59. The minimum Gasteiger partial charge on any atom is -0.343 e. The van der Waals surface area contributed by atoms with Crippen molar-refractivity contribution in [2.75, 3.05) is 19.6 Å². The fraction of sp³-hybridized carbons (Fsp3) is 0.538. The number of nitrogens with two attached hydrogens (primary N) is 1. The van der Waals surface area contributed by atoms with Gasteiger partial charge in [0.05, 0.1) is 5.69 Å². The van der Waals surface area contributed by atoms with Gasteiger partial charge < -0.3 is 10.6 Å². The first-order chi connectivity index (χ1) is 15.5. The predicted molar refractivity (Wildman–Crippen MR) is 136 cm³/mol. The first-order valence-electron chi connectivity index (χ1n) is 11.9. The van der Waals surface area contributed by atoms with Crippen LogP contribution in [-0.2, 0) is 17.6 Å². The molecule has 1 aromatic carbocycles. The Morgan fingerprint density at radius 1 is 1.19 bits per heavy atom. The minimum absolute atomic E-state index is 0.181. The number of aryl methyl sites for hydroxylation is 3. The van der Waals surface area contributed by atoms with Gasteiger partial charge in [-0.3, -0.25) is 9.78 Å². The van der Waals surface area contributed by atoms with Gasteiger partial charge in [-0.25, -0.2) is 0 Å². The summed E-state index contributed by atoms with van der Waals surface area (Å²) in [5.74, 6) is 0.837. The van der Waals surface area contributed by atoms with E-state index in [-0.39, 0.29) is 11.8 Å². The van der Waals surface area contributed by atoms with Gasteiger partial charge in [-0.05, 0) is 102 Å². The van der Waals surface area contributed by atoms with E-state index in [0.717, 1.165) is 60.4 Å². The van der Waals surface area contributed by atoms with Gasteiger partial charge in [0.1, 0.15) is 0 Å². The molecule has 1 aromatic heterocycles. The number of piperidine rings is 1. The zero-order chi connectivity index (χ0) is 23.3. The normalized spacial score (nSPS) is 18.2. The van der Waals surface area contributed by atoms with Crippen molar-refractivity contribution < 1.29 is 4.79 Å². The van der Waals surface area contributed by atoms with Crippen molar-refractivity contribution in [3.8, 4) is 0 Å². The van der Waals surface area contributed by atoms with Crippen LogP contribution in [0.4, 0.5) is 0 Å². The summed E-state index contributed by atoms with van der Waals surface area (Å²) in [5.41, 5.74) is 11.8. The van der Waals surface area contributed by atoms with Crippen molar-refractivity contribution in [3.63, 3.8) is 0 Å². The zero-order valence-electron chi connectivity index (χ0n) is 19.5. The lowest BCUT2D eigenvalue weighted by atomic mass is 9.76. The highest BCUT2D eigenvalue weighted by Gasteiger charge is 2.36. The molecule has 1 atom stereocenters. The second-order valence-electron chi connectivity index (χ2n) is 8.61. The molecule has 0 spiro atoms. The Kier molecular flexibility index (Phi) is 9.15. The molecular weight excluding hydrogens is 486 g/mol. The average molecular weight is 521 g/mol. The van der Waals surface area contributed by atoms with Crippen molar-refractivity contribution in [2.45, 2.75) is 65.2 Å². The summed E-state index contributed by atoms with van der Waals surface area (Å²) in [6.07, 6.45) is 7.12. The fourth-order valence-corrected chi connectivity index (χ4v) is 5.90. The molecule has 2 aliphatic rings. The Balaban J connectivity index is 0.00000141. The zero-order valence-corrected chi connectivity index (χ0v) is 21.8. The average Bonchev–Trinajstić information content (AvgIpc) is 2.95. The number of pyridine rings is 1. The number of carbonyl (C=O) groups is 1. The van der Waals surface area contributed by atoms with Crippen LogP contribution in [0.3, 0.4) is 0 Å². The molecule has 2 N–H and O–H groups in total. The number of hydrogen-bond acceptors (Lipinski definition) is 3. The summed E-state index contributed by atoms with van der Waals surface area (Å²) in [5, 5.41) is 0.856. The Bertz CT molecular complexity index is 941. The maximum atomic E-state index is 12.5. The number of hydrogen-bond donors (Lipinski definition) is 1. The summed E-state index contributed by atoms with van der Waals surface area (Å²) >= 11 is 10.5. The van der Waals surface area contributed by atoms with E-state index >= 15 is 0 Å². The van der Waals surface area contributed by atoms with E-state index in [1.165, 1.54) is 22.3 Å². The molecule has 2 heterocycles. The van der Waals surface area contributed by atoms with Crippen LogP contribution in [-0.4, -0.2) is 35.4 Å². The molecule has 6 heteroatoms. The topological polar surface area (TPSA) is 59.2 Å². The van der Waals surface area contributed by atoms with E-state index < -0.39 is 0 Å². The highest BCUT2D eigenvalue weighted by Crippen LogP contribution is 2.45. The lowest BCUT2D eigenvalue weighted by Gasteiger charge is -2.37. The van der Waals surface area contributed by atoms with Crippen LogP contribution in [0, 0.1) is 12.8 Å². The molecule has 0 bridgehead atoms. The van der Waals surface area contributed by atoms with Crippen LogP contribution in [0.15, 0.2) is 28.9 Å². The molecule has 0 saturated carbocycles. The SMILES string of the molecule is CC.Cc1cc(Cl)c2c(c1)CCc1cc(Br)cnc1C2C1CCN(C(=O)CCCN)CC1. The molecule has 4 nitrogen and oxygen atoms in total. The summed E-state index contributed by atoms with van der Waals surface area (Å²) in [4.78, 5) is 19.4. The number of aromatic nitrogens is 1. The quantitative estimate of drug-likeness (QED) is 0.534. The Labute approximate surface area is 206 Å². The largest absolute Gasteiger partial charge is 0.343 e. The molecule has 32 heavy (non-hydrogen) atoms. The third kappa shape index (κ3) is 5.55. The number of halogens is 2. The van der Waals surface area contributed by atoms with Crippen LogP contribution in [0.5, 0.6) is 0 Å². The standard InChI is InChI=1S/C24H29BrClN3O.C2H6/c1-15-11-17-4-5-18-13-19(25)14-28-24(18)23(22(17)20(26)12-15)16-6-9-29(10-7-16)21(30)3-2-8-27;1-2/h11-14,16,23H,2-10,27H2,1H3;1-2H3. The highest BCUT2D eigenvalue weighted by atomic mass is 79.9. The van der Waals surface area contributed by atoms with Crippen molar-refractivity contribution in [2.24, 2.45) is 11.7 Å². The van der Waals surface area contributed by atoms with Crippen molar-refractivity contribution in [3.05, 3.63) is 61.8 Å². The molecule has 1 saturated heterocycles. The summed E-state index contributed by atoms with van der Waals surface area (Å²) < 4.78 is 1.02. The fourth-order valence-electron chi connectivity index (χ4n) is 5.11. The monoisotopic (exact) mass is 519 g/mol. The minimum atomic E-state index is 0.181. The molecule has 4 rings (SSSR count). The maximum Gasteiger partial charge on any atom is 0.222 e. The Hall–Kier alpha value is -1.43. The molecular formula is C26H35BrClN3O. The van der Waals surface area contributed by atoms with Crippen molar-refractivity contribution in [1.29, 1.82) is 0 Å². The lowest BCUT2D eigenvalue weighted by Crippen LogP contribution is -2.40. The molecule has 0 radical (unpaired) electrons. The predicted octanol–water partition coefficient (Wildman–Crippen LogP) is 6.04. The second kappa shape index (κ2) is 11.6. The molecule has 1 amide bonds. The first kappa shape index (κ1) is 25.2. The molecule has 1 fully saturated rings. The smallest absolute Gasteiger partial charge is 0.222 e. The van der Waals surface area contributed by atoms with Gasteiger partial charge in [0.25, 0.3) is 0 Å². The second-order valence-corrected chi connectivity index (χ2v) is 9.93. The molecule has 1 aliphatic heterocycles. The number of benzene rings is 1. The molecule has 1 unspecified atom stereocenters. The summed E-state index contributed by atoms with van der Waals surface area (Å²) in [6.45, 7) is 8.28. The Morgan fingerprint density at radius 2 is 1.88 bits per heavy atom. The van der Waals surface area contributed by atoms with E-state index in [0.29, 0.717) is 18.9 Å². The molecule has 174 valence electrons. The van der Waals surface area contributed by atoms with E-state index in [2.05, 4.69) is 41.1 Å². The maximum absolute atomic E-state index is 12.5. The van der Waals surface area contributed by atoms with E-state index in [1.54, 1.807) is 0 Å². The van der Waals surface area contributed by atoms with Gasteiger partial charge in [0, 0.05) is 41.1 Å². The van der Waals surface area contributed by atoms with Gasteiger partial charge in [0.2, 0.25) is 5.91 Å². The number of nitrogens with zero attached hydrogens (tertiary/aromatic N) is 2. The van der Waals surface area contributed by atoms with Crippen LogP contribution < -0.4 is 5.73 Å². The van der Waals surface area contributed by atoms with Gasteiger partial charge in [-0.2, -0.15) is 0 Å². The van der Waals surface area contributed by atoms with Crippen molar-refractivity contribution >= 4 is 33.4 Å². The third-order valence-corrected chi connectivity index (χ3v) is 7.30. The van der Waals surface area contributed by atoms with Gasteiger partial charge in [0.15, 0.2) is 0 Å². The van der Waals surface area contributed by atoms with Gasteiger partial charge in [-0.15, -0.1) is 0 Å². The van der Waals surface area contributed by atoms with Crippen LogP contribution in [0.1, 0.15) is 73.4 Å². The number of amides is 1. The number of likely N-dealkylation sites (tertiary alicyclic amines) is 1. The number of rotatable bonds is 4. The summed E-state index contributed by atoms with van der Waals surface area (Å²) in [7, 11) is 0. The third-order valence-electron chi connectivity index (χ3n) is 6.56. The highest BCUT2D eigenvalue weighted by molar-refractivity contribution is 9.10. The molecule has 2 aromatic rings. The lowest BCUT2D eigenvalue weighted by molar-refractivity contribution is -0.132. The van der Waals surface area contributed by atoms with Crippen LogP contribution in [0.2, 0.25) is 5.02 Å². The Morgan fingerprint density at radius 3 is 2.56 bits per heavy atom. The van der Waals surface area contributed by atoms with Gasteiger partial charge in [-0.1, -0.05) is 31.5 Å².